The minimum absolute atomic E-state index is 0.168. The van der Waals surface area contributed by atoms with Gasteiger partial charge in [-0.3, -0.25) is 4.79 Å². The number of carboxylic acids is 2. The molecule has 3 N–H and O–H groups in total. The molecule has 0 atom stereocenters. The van der Waals surface area contributed by atoms with E-state index in [0.29, 0.717) is 6.54 Å². The van der Waals surface area contributed by atoms with Crippen molar-refractivity contribution in [2.75, 3.05) is 19.7 Å². The first kappa shape index (κ1) is 29.7. The number of aliphatic carboxylic acids is 2. The van der Waals surface area contributed by atoms with Gasteiger partial charge in [0.15, 0.2) is 0 Å². The lowest BCUT2D eigenvalue weighted by Gasteiger charge is -2.09. The molecule has 184 valence electrons. The Kier molecular flexibility index (Phi) is 17.0. The smallest absolute Gasteiger partial charge is 0.490 e. The maximum Gasteiger partial charge on any atom is 0.490 e. The molecule has 0 saturated heterocycles. The number of hydrogen-bond donors (Lipinski definition) is 3. The van der Waals surface area contributed by atoms with E-state index >= 15 is 0 Å². The van der Waals surface area contributed by atoms with E-state index in [1.165, 1.54) is 50.5 Å². The van der Waals surface area contributed by atoms with E-state index in [-0.39, 0.29) is 6.42 Å². The molecular weight excluding hydrogens is 427 g/mol. The number of rotatable bonds is 16. The zero-order valence-corrected chi connectivity index (χ0v) is 18.8. The molecule has 0 fully saturated rings. The molecule has 0 radical (unpaired) electrons. The second kappa shape index (κ2) is 18.3. The molecule has 0 aliphatic heterocycles. The van der Waals surface area contributed by atoms with E-state index in [1.54, 1.807) is 0 Å². The molecule has 1 aromatic rings. The lowest BCUT2D eigenvalue weighted by molar-refractivity contribution is -0.192. The van der Waals surface area contributed by atoms with Gasteiger partial charge in [-0.15, -0.1) is 0 Å². The van der Waals surface area contributed by atoms with Gasteiger partial charge in [-0.25, -0.2) is 4.79 Å². The highest BCUT2D eigenvalue weighted by Crippen LogP contribution is 2.15. The molecule has 1 aromatic carbocycles. The van der Waals surface area contributed by atoms with E-state index in [1.807, 2.05) is 12.1 Å². The summed E-state index contributed by atoms with van der Waals surface area (Å²) in [7, 11) is 0. The quantitative estimate of drug-likeness (QED) is 0.282. The third kappa shape index (κ3) is 18.5. The van der Waals surface area contributed by atoms with E-state index in [9.17, 15) is 18.0 Å². The van der Waals surface area contributed by atoms with Gasteiger partial charge < -0.3 is 20.3 Å². The topological polar surface area (TPSA) is 95.9 Å². The number of nitrogens with one attached hydrogen (secondary N) is 1. The second-order valence-corrected chi connectivity index (χ2v) is 7.42. The van der Waals surface area contributed by atoms with E-state index in [2.05, 4.69) is 24.4 Å². The first-order chi connectivity index (χ1) is 15.2. The van der Waals surface area contributed by atoms with Gasteiger partial charge in [-0.05, 0) is 37.1 Å². The molecule has 0 unspecified atom stereocenters. The normalized spacial score (nSPS) is 10.9. The third-order valence-corrected chi connectivity index (χ3v) is 4.51. The van der Waals surface area contributed by atoms with Crippen molar-refractivity contribution in [2.45, 2.75) is 77.3 Å². The molecule has 9 heteroatoms. The number of benzene rings is 1. The number of carbonyl (C=O) groups is 2. The standard InChI is InChI=1S/C21H35NO3.C2HF3O2/c1-2-3-4-5-6-7-8-9-17-25-20-12-10-11-19(18-20)13-15-22-16-14-21(23)24;3-2(4,5)1(6)7/h10-12,18,22H,2-9,13-17H2,1H3,(H,23,24);(H,6,7). The van der Waals surface area contributed by atoms with Gasteiger partial charge in [0.05, 0.1) is 13.0 Å². The van der Waals surface area contributed by atoms with E-state index < -0.39 is 18.1 Å². The summed E-state index contributed by atoms with van der Waals surface area (Å²) in [5.41, 5.74) is 1.22. The van der Waals surface area contributed by atoms with Crippen molar-refractivity contribution in [3.8, 4) is 5.75 Å². The number of unbranched alkanes of at least 4 members (excludes halogenated alkanes) is 7. The molecule has 6 nitrogen and oxygen atoms in total. The zero-order chi connectivity index (χ0) is 24.2. The average molecular weight is 464 g/mol. The van der Waals surface area contributed by atoms with Gasteiger partial charge in [0.1, 0.15) is 5.75 Å². The molecule has 1 rings (SSSR count). The second-order valence-electron chi connectivity index (χ2n) is 7.42. The first-order valence-corrected chi connectivity index (χ1v) is 11.1. The summed E-state index contributed by atoms with van der Waals surface area (Å²) in [6, 6.07) is 8.20. The van der Waals surface area contributed by atoms with Crippen LogP contribution in [0.25, 0.3) is 0 Å². The van der Waals surface area contributed by atoms with E-state index in [0.717, 1.165) is 31.7 Å². The van der Waals surface area contributed by atoms with Crippen molar-refractivity contribution in [1.29, 1.82) is 0 Å². The predicted molar refractivity (Wildman–Crippen MR) is 117 cm³/mol. The van der Waals surface area contributed by atoms with Crippen LogP contribution >= 0.6 is 0 Å². The van der Waals surface area contributed by atoms with Gasteiger partial charge in [0, 0.05) is 6.54 Å². The van der Waals surface area contributed by atoms with Crippen LogP contribution in [0.15, 0.2) is 24.3 Å². The van der Waals surface area contributed by atoms with Gasteiger partial charge in [0.25, 0.3) is 0 Å². The predicted octanol–water partition coefficient (Wildman–Crippen LogP) is 5.45. The molecule has 0 aliphatic rings. The summed E-state index contributed by atoms with van der Waals surface area (Å²) in [5, 5.41) is 18.9. The van der Waals surface area contributed by atoms with Gasteiger partial charge in [0.2, 0.25) is 0 Å². The van der Waals surface area contributed by atoms with Crippen LogP contribution in [0.2, 0.25) is 0 Å². The van der Waals surface area contributed by atoms with Crippen LogP contribution in [0.5, 0.6) is 5.75 Å². The number of ether oxygens (including phenoxy) is 1. The van der Waals surface area contributed by atoms with Crippen LogP contribution in [-0.2, 0) is 16.0 Å². The Hall–Kier alpha value is -2.29. The monoisotopic (exact) mass is 463 g/mol. The maximum atomic E-state index is 10.6. The van der Waals surface area contributed by atoms with E-state index in [4.69, 9.17) is 19.7 Å². The maximum absolute atomic E-state index is 10.6. The van der Waals surface area contributed by atoms with Crippen LogP contribution in [0.1, 0.15) is 70.3 Å². The van der Waals surface area contributed by atoms with Crippen molar-refractivity contribution < 1.29 is 37.7 Å². The largest absolute Gasteiger partial charge is 0.494 e. The third-order valence-electron chi connectivity index (χ3n) is 4.51. The van der Waals surface area contributed by atoms with Crippen LogP contribution in [0.4, 0.5) is 13.2 Å². The first-order valence-electron chi connectivity index (χ1n) is 11.1. The minimum atomic E-state index is -5.08. The van der Waals surface area contributed by atoms with Gasteiger partial charge in [-0.2, -0.15) is 13.2 Å². The molecule has 0 saturated carbocycles. The highest BCUT2D eigenvalue weighted by Gasteiger charge is 2.38. The summed E-state index contributed by atoms with van der Waals surface area (Å²) in [5.74, 6) is -2.58. The Morgan fingerprint density at radius 1 is 0.969 bits per heavy atom. The average Bonchev–Trinajstić information content (AvgIpc) is 2.72. The molecule has 0 heterocycles. The number of carboxylic acid groups (broad SMARTS) is 2. The summed E-state index contributed by atoms with van der Waals surface area (Å²) in [4.78, 5) is 19.3. The Bertz CT molecular complexity index is 638. The molecule has 0 amide bonds. The van der Waals surface area contributed by atoms with Crippen LogP contribution < -0.4 is 10.1 Å². The number of hydrogen-bond acceptors (Lipinski definition) is 4. The Morgan fingerprint density at radius 2 is 1.56 bits per heavy atom. The fraction of sp³-hybridized carbons (Fsp3) is 0.652. The Labute approximate surface area is 188 Å². The van der Waals surface area contributed by atoms with Crippen molar-refractivity contribution in [3.63, 3.8) is 0 Å². The summed E-state index contributed by atoms with van der Waals surface area (Å²) < 4.78 is 37.6. The van der Waals surface area contributed by atoms with Crippen LogP contribution in [0.3, 0.4) is 0 Å². The zero-order valence-electron chi connectivity index (χ0n) is 18.8. The van der Waals surface area contributed by atoms with Gasteiger partial charge >= 0.3 is 18.1 Å². The Morgan fingerprint density at radius 3 is 2.12 bits per heavy atom. The van der Waals surface area contributed by atoms with Crippen LogP contribution in [-0.4, -0.2) is 48.0 Å². The SMILES string of the molecule is CCCCCCCCCCOc1cccc(CCNCCC(=O)O)c1.O=C(O)C(F)(F)F. The highest BCUT2D eigenvalue weighted by atomic mass is 19.4. The molecule has 0 bridgehead atoms. The van der Waals surface area contributed by atoms with Crippen molar-refractivity contribution >= 4 is 11.9 Å². The molecule has 0 aliphatic carbocycles. The molecule has 0 spiro atoms. The van der Waals surface area contributed by atoms with Crippen molar-refractivity contribution in [3.05, 3.63) is 29.8 Å². The summed E-state index contributed by atoms with van der Waals surface area (Å²) in [6.07, 6.45) is 6.44. The Balaban J connectivity index is 0.00000118. The molecule has 0 aromatic heterocycles. The molecule has 32 heavy (non-hydrogen) atoms. The summed E-state index contributed by atoms with van der Waals surface area (Å²) in [6.45, 7) is 4.34. The van der Waals surface area contributed by atoms with Crippen LogP contribution in [0, 0.1) is 0 Å². The van der Waals surface area contributed by atoms with Crippen molar-refractivity contribution in [1.82, 2.24) is 5.32 Å². The highest BCUT2D eigenvalue weighted by molar-refractivity contribution is 5.73. The fourth-order valence-corrected chi connectivity index (χ4v) is 2.77. The lowest BCUT2D eigenvalue weighted by atomic mass is 10.1. The number of halogens is 3. The summed E-state index contributed by atoms with van der Waals surface area (Å²) >= 11 is 0. The minimum Gasteiger partial charge on any atom is -0.494 e. The number of alkyl halides is 3. The lowest BCUT2D eigenvalue weighted by Crippen LogP contribution is -2.21. The molecular formula is C23H36F3NO5. The van der Waals surface area contributed by atoms with Gasteiger partial charge in [-0.1, -0.05) is 64.0 Å². The fourth-order valence-electron chi connectivity index (χ4n) is 2.77. The van der Waals surface area contributed by atoms with Crippen molar-refractivity contribution in [2.24, 2.45) is 0 Å².